The number of hydrogen-bond donors (Lipinski definition) is 0. The summed E-state index contributed by atoms with van der Waals surface area (Å²) in [5.41, 5.74) is 0.319. The average molecular weight is 395 g/mol. The highest BCUT2D eigenvalue weighted by molar-refractivity contribution is 5.79. The molecule has 8 nitrogen and oxygen atoms in total. The number of carbonyl (C=O) groups is 1. The largest absolute Gasteiger partial charge is 0.497 e. The van der Waals surface area contributed by atoms with Gasteiger partial charge in [0.25, 0.3) is 11.8 Å². The Kier molecular flexibility index (Phi) is 5.16. The number of pyridine rings is 1. The van der Waals surface area contributed by atoms with Crippen molar-refractivity contribution in [1.29, 1.82) is 0 Å². The number of halogens is 3. The standard InChI is InChI=1S/C17H12F3N3O5/c1-25-9-5-6-12(26-2)11(8-9)15-23-22-14(27-15)10-4-3-7-21-13(10)28-16(24)17(18,19)20/h3-8H,1-2H3. The molecule has 0 aliphatic rings. The van der Waals surface area contributed by atoms with Gasteiger partial charge in [0.15, 0.2) is 0 Å². The smallest absolute Gasteiger partial charge is 0.491 e. The summed E-state index contributed by atoms with van der Waals surface area (Å²) in [7, 11) is 2.92. The van der Waals surface area contributed by atoms with Gasteiger partial charge in [0, 0.05) is 6.20 Å². The van der Waals surface area contributed by atoms with Crippen molar-refractivity contribution >= 4 is 5.97 Å². The van der Waals surface area contributed by atoms with Crippen molar-refractivity contribution < 1.29 is 36.6 Å². The number of hydrogen-bond acceptors (Lipinski definition) is 8. The molecule has 11 heteroatoms. The highest BCUT2D eigenvalue weighted by atomic mass is 19.4. The SMILES string of the molecule is COc1ccc(OC)c(-c2nnc(-c3cccnc3OC(=O)C(F)(F)F)o2)c1. The lowest BCUT2D eigenvalue weighted by molar-refractivity contribution is -0.189. The first-order chi connectivity index (χ1) is 13.3. The number of rotatable bonds is 5. The quantitative estimate of drug-likeness (QED) is 0.607. The van der Waals surface area contributed by atoms with Gasteiger partial charge in [-0.15, -0.1) is 10.2 Å². The maximum absolute atomic E-state index is 12.5. The summed E-state index contributed by atoms with van der Waals surface area (Å²) < 4.78 is 57.6. The molecule has 3 aromatic rings. The van der Waals surface area contributed by atoms with Crippen LogP contribution in [0.15, 0.2) is 40.9 Å². The van der Waals surface area contributed by atoms with Gasteiger partial charge in [-0.1, -0.05) is 0 Å². The summed E-state index contributed by atoms with van der Waals surface area (Å²) in [6.45, 7) is 0. The monoisotopic (exact) mass is 395 g/mol. The van der Waals surface area contributed by atoms with Crippen molar-refractivity contribution in [2.24, 2.45) is 0 Å². The molecule has 0 saturated heterocycles. The van der Waals surface area contributed by atoms with Crippen LogP contribution in [0, 0.1) is 0 Å². The maximum atomic E-state index is 12.5. The minimum Gasteiger partial charge on any atom is -0.497 e. The van der Waals surface area contributed by atoms with E-state index in [2.05, 4.69) is 19.9 Å². The van der Waals surface area contributed by atoms with Gasteiger partial charge in [-0.25, -0.2) is 9.78 Å². The molecule has 1 aromatic carbocycles. The Morgan fingerprint density at radius 2 is 1.75 bits per heavy atom. The molecule has 0 unspecified atom stereocenters. The highest BCUT2D eigenvalue weighted by Crippen LogP contribution is 2.35. The van der Waals surface area contributed by atoms with Gasteiger partial charge >= 0.3 is 12.1 Å². The fourth-order valence-electron chi connectivity index (χ4n) is 2.20. The number of alkyl halides is 3. The van der Waals surface area contributed by atoms with E-state index in [1.165, 1.54) is 26.4 Å². The fraction of sp³-hybridized carbons (Fsp3) is 0.176. The van der Waals surface area contributed by atoms with Crippen LogP contribution >= 0.6 is 0 Å². The van der Waals surface area contributed by atoms with E-state index >= 15 is 0 Å². The highest BCUT2D eigenvalue weighted by Gasteiger charge is 2.42. The third-order valence-corrected chi connectivity index (χ3v) is 3.48. The lowest BCUT2D eigenvalue weighted by Crippen LogP contribution is -2.28. The first-order valence-electron chi connectivity index (χ1n) is 7.63. The third kappa shape index (κ3) is 3.87. The Hall–Kier alpha value is -3.63. The van der Waals surface area contributed by atoms with Crippen LogP contribution in [0.5, 0.6) is 17.4 Å². The van der Waals surface area contributed by atoms with Gasteiger partial charge in [0.05, 0.1) is 19.8 Å². The topological polar surface area (TPSA) is 96.6 Å². The van der Waals surface area contributed by atoms with Gasteiger partial charge < -0.3 is 18.6 Å². The predicted octanol–water partition coefficient (Wildman–Crippen LogP) is 3.28. The Balaban J connectivity index is 1.99. The summed E-state index contributed by atoms with van der Waals surface area (Å²) in [6.07, 6.45) is -4.02. The van der Waals surface area contributed by atoms with Crippen LogP contribution in [0.2, 0.25) is 0 Å². The van der Waals surface area contributed by atoms with E-state index in [4.69, 9.17) is 13.9 Å². The van der Waals surface area contributed by atoms with Crippen molar-refractivity contribution in [3.8, 4) is 40.3 Å². The minimum atomic E-state index is -5.18. The Labute approximate surface area is 155 Å². The van der Waals surface area contributed by atoms with E-state index in [-0.39, 0.29) is 17.3 Å². The Morgan fingerprint density at radius 1 is 1.04 bits per heavy atom. The van der Waals surface area contributed by atoms with E-state index in [1.807, 2.05) is 0 Å². The molecule has 146 valence electrons. The lowest BCUT2D eigenvalue weighted by Gasteiger charge is -2.08. The number of esters is 1. The number of nitrogens with zero attached hydrogens (tertiary/aromatic N) is 3. The fourth-order valence-corrected chi connectivity index (χ4v) is 2.20. The molecule has 0 N–H and O–H groups in total. The zero-order chi connectivity index (χ0) is 20.3. The first kappa shape index (κ1) is 19.1. The van der Waals surface area contributed by atoms with Crippen LogP contribution < -0.4 is 14.2 Å². The summed E-state index contributed by atoms with van der Waals surface area (Å²) in [5.74, 6) is -2.30. The normalized spacial score (nSPS) is 11.2. The molecule has 0 radical (unpaired) electrons. The average Bonchev–Trinajstić information content (AvgIpc) is 3.17. The summed E-state index contributed by atoms with van der Waals surface area (Å²) in [5, 5.41) is 7.67. The zero-order valence-electron chi connectivity index (χ0n) is 14.5. The number of aromatic nitrogens is 3. The van der Waals surface area contributed by atoms with E-state index in [1.54, 1.807) is 18.2 Å². The molecule has 2 aromatic heterocycles. The van der Waals surface area contributed by atoms with Gasteiger partial charge in [-0.05, 0) is 30.3 Å². The van der Waals surface area contributed by atoms with E-state index < -0.39 is 18.0 Å². The number of benzene rings is 1. The first-order valence-corrected chi connectivity index (χ1v) is 7.63. The predicted molar refractivity (Wildman–Crippen MR) is 87.8 cm³/mol. The summed E-state index contributed by atoms with van der Waals surface area (Å²) in [4.78, 5) is 14.8. The van der Waals surface area contributed by atoms with Crippen molar-refractivity contribution in [1.82, 2.24) is 15.2 Å². The molecule has 0 amide bonds. The van der Waals surface area contributed by atoms with Crippen molar-refractivity contribution in [2.45, 2.75) is 6.18 Å². The molecule has 0 atom stereocenters. The van der Waals surface area contributed by atoms with Crippen molar-refractivity contribution in [3.63, 3.8) is 0 Å². The third-order valence-electron chi connectivity index (χ3n) is 3.48. The summed E-state index contributed by atoms with van der Waals surface area (Å²) >= 11 is 0. The molecule has 2 heterocycles. The number of ether oxygens (including phenoxy) is 3. The van der Waals surface area contributed by atoms with Crippen LogP contribution in [0.1, 0.15) is 0 Å². The molecule has 3 rings (SSSR count). The minimum absolute atomic E-state index is 0.0164. The van der Waals surface area contributed by atoms with Crippen LogP contribution in [0.3, 0.4) is 0 Å². The zero-order valence-corrected chi connectivity index (χ0v) is 14.5. The van der Waals surface area contributed by atoms with Crippen molar-refractivity contribution in [2.75, 3.05) is 14.2 Å². The Morgan fingerprint density at radius 3 is 2.39 bits per heavy atom. The second kappa shape index (κ2) is 7.55. The molecule has 0 spiro atoms. The van der Waals surface area contributed by atoms with Crippen LogP contribution in [0.4, 0.5) is 13.2 Å². The second-order valence-corrected chi connectivity index (χ2v) is 5.22. The summed E-state index contributed by atoms with van der Waals surface area (Å²) in [6, 6.07) is 7.61. The molecular weight excluding hydrogens is 383 g/mol. The molecule has 0 saturated carbocycles. The molecule has 0 bridgehead atoms. The van der Waals surface area contributed by atoms with Gasteiger partial charge in [0.1, 0.15) is 17.1 Å². The molecule has 0 fully saturated rings. The number of carbonyl (C=O) groups excluding carboxylic acids is 1. The van der Waals surface area contributed by atoms with Crippen LogP contribution in [-0.2, 0) is 4.79 Å². The van der Waals surface area contributed by atoms with Gasteiger partial charge in [0.2, 0.25) is 5.88 Å². The molecule has 0 aliphatic carbocycles. The Bertz CT molecular complexity index is 1000. The van der Waals surface area contributed by atoms with Gasteiger partial charge in [-0.2, -0.15) is 13.2 Å². The second-order valence-electron chi connectivity index (χ2n) is 5.22. The van der Waals surface area contributed by atoms with Crippen LogP contribution in [0.25, 0.3) is 22.9 Å². The van der Waals surface area contributed by atoms with E-state index in [9.17, 15) is 18.0 Å². The molecule has 0 aliphatic heterocycles. The van der Waals surface area contributed by atoms with Crippen molar-refractivity contribution in [3.05, 3.63) is 36.5 Å². The molecule has 28 heavy (non-hydrogen) atoms. The molecular formula is C17H12F3N3O5. The van der Waals surface area contributed by atoms with Gasteiger partial charge in [-0.3, -0.25) is 0 Å². The lowest BCUT2D eigenvalue weighted by atomic mass is 10.2. The van der Waals surface area contributed by atoms with E-state index in [0.29, 0.717) is 17.1 Å². The number of methoxy groups -OCH3 is 2. The maximum Gasteiger partial charge on any atom is 0.491 e. The van der Waals surface area contributed by atoms with Crippen LogP contribution in [-0.4, -0.2) is 41.5 Å². The van der Waals surface area contributed by atoms with E-state index in [0.717, 1.165) is 6.20 Å².